The van der Waals surface area contributed by atoms with Crippen LogP contribution in [0.4, 0.5) is 10.1 Å². The van der Waals surface area contributed by atoms with Crippen LogP contribution < -0.4 is 9.64 Å². The van der Waals surface area contributed by atoms with Crippen molar-refractivity contribution in [3.05, 3.63) is 59.9 Å². The number of ether oxygens (including phenoxy) is 1. The first-order valence-electron chi connectivity index (χ1n) is 7.51. The lowest BCUT2D eigenvalue weighted by Gasteiger charge is -2.22. The molecule has 23 heavy (non-hydrogen) atoms. The van der Waals surface area contributed by atoms with Crippen LogP contribution in [0.15, 0.2) is 48.5 Å². The Hall–Kier alpha value is -2.69. The Bertz CT molecular complexity index is 731. The Balaban J connectivity index is 1.84. The summed E-state index contributed by atoms with van der Waals surface area (Å²) in [5.41, 5.74) is 1.09. The number of hydrogen-bond acceptors (Lipinski definition) is 3. The molecule has 3 rings (SSSR count). The fraction of sp³-hybridized carbons (Fsp3) is 0.222. The molecule has 0 saturated heterocycles. The molecule has 0 fully saturated rings. The van der Waals surface area contributed by atoms with Gasteiger partial charge >= 0.3 is 0 Å². The van der Waals surface area contributed by atoms with Crippen LogP contribution >= 0.6 is 0 Å². The zero-order valence-electron chi connectivity index (χ0n) is 12.6. The average Bonchev–Trinajstić information content (AvgIpc) is 2.79. The van der Waals surface area contributed by atoms with E-state index in [-0.39, 0.29) is 23.7 Å². The van der Waals surface area contributed by atoms with Crippen molar-refractivity contribution in [1.29, 1.82) is 5.41 Å². The molecule has 0 atom stereocenters. The highest BCUT2D eigenvalue weighted by Crippen LogP contribution is 2.34. The van der Waals surface area contributed by atoms with Gasteiger partial charge in [-0.3, -0.25) is 4.79 Å². The van der Waals surface area contributed by atoms with Gasteiger partial charge in [0.15, 0.2) is 5.82 Å². The number of fused-ring (bicyclic) bond motifs is 1. The SMILES string of the molecule is N=C(CC(=O)N1CCCOc2cccc(F)c21)c1ccccc1. The van der Waals surface area contributed by atoms with Gasteiger partial charge in [0.2, 0.25) is 5.91 Å². The lowest BCUT2D eigenvalue weighted by atomic mass is 10.1. The maximum Gasteiger partial charge on any atom is 0.233 e. The minimum Gasteiger partial charge on any atom is -0.491 e. The molecule has 1 aliphatic heterocycles. The third-order valence-electron chi connectivity index (χ3n) is 3.75. The Morgan fingerprint density at radius 3 is 2.74 bits per heavy atom. The van der Waals surface area contributed by atoms with Crippen LogP contribution in [0.3, 0.4) is 0 Å². The lowest BCUT2D eigenvalue weighted by Crippen LogP contribution is -2.33. The first kappa shape index (κ1) is 15.2. The molecule has 4 nitrogen and oxygen atoms in total. The van der Waals surface area contributed by atoms with Crippen LogP contribution in [0.5, 0.6) is 5.75 Å². The van der Waals surface area contributed by atoms with E-state index in [1.54, 1.807) is 24.3 Å². The third kappa shape index (κ3) is 3.23. The van der Waals surface area contributed by atoms with Crippen LogP contribution in [-0.2, 0) is 4.79 Å². The number of carbonyl (C=O) groups is 1. The number of carbonyl (C=O) groups excluding carboxylic acids is 1. The Morgan fingerprint density at radius 1 is 1.17 bits per heavy atom. The molecule has 2 aromatic carbocycles. The minimum absolute atomic E-state index is 0.0716. The van der Waals surface area contributed by atoms with Crippen molar-refractivity contribution in [2.75, 3.05) is 18.1 Å². The van der Waals surface area contributed by atoms with Gasteiger partial charge < -0.3 is 15.0 Å². The number of hydrogen-bond donors (Lipinski definition) is 1. The van der Waals surface area contributed by atoms with E-state index >= 15 is 0 Å². The summed E-state index contributed by atoms with van der Waals surface area (Å²) in [6.45, 7) is 0.825. The number of amides is 1. The smallest absolute Gasteiger partial charge is 0.233 e. The van der Waals surface area contributed by atoms with E-state index in [2.05, 4.69) is 0 Å². The van der Waals surface area contributed by atoms with Gasteiger partial charge in [-0.25, -0.2) is 4.39 Å². The minimum atomic E-state index is -0.482. The van der Waals surface area contributed by atoms with Gasteiger partial charge in [0.1, 0.15) is 11.4 Å². The van der Waals surface area contributed by atoms with Gasteiger partial charge in [-0.1, -0.05) is 36.4 Å². The third-order valence-corrected chi connectivity index (χ3v) is 3.75. The van der Waals surface area contributed by atoms with E-state index in [0.717, 1.165) is 0 Å². The zero-order chi connectivity index (χ0) is 16.2. The fourth-order valence-corrected chi connectivity index (χ4v) is 2.63. The highest BCUT2D eigenvalue weighted by atomic mass is 19.1. The summed E-state index contributed by atoms with van der Waals surface area (Å²) >= 11 is 0. The summed E-state index contributed by atoms with van der Waals surface area (Å²) in [6, 6.07) is 13.6. The molecule has 5 heteroatoms. The summed E-state index contributed by atoms with van der Waals surface area (Å²) in [7, 11) is 0. The van der Waals surface area contributed by atoms with Gasteiger partial charge in [-0.2, -0.15) is 0 Å². The predicted octanol–water partition coefficient (Wildman–Crippen LogP) is 3.40. The molecule has 118 valence electrons. The number of nitrogens with one attached hydrogen (secondary N) is 1. The van der Waals surface area contributed by atoms with E-state index in [1.807, 2.05) is 18.2 Å². The Kier molecular flexibility index (Phi) is 4.37. The molecule has 0 radical (unpaired) electrons. The van der Waals surface area contributed by atoms with Gasteiger partial charge in [0, 0.05) is 12.3 Å². The second kappa shape index (κ2) is 6.60. The summed E-state index contributed by atoms with van der Waals surface area (Å²) in [5, 5.41) is 8.10. The van der Waals surface area contributed by atoms with Crippen molar-refractivity contribution in [2.45, 2.75) is 12.8 Å². The van der Waals surface area contributed by atoms with Crippen molar-refractivity contribution in [1.82, 2.24) is 0 Å². The second-order valence-corrected chi connectivity index (χ2v) is 5.36. The number of benzene rings is 2. The molecule has 0 bridgehead atoms. The Morgan fingerprint density at radius 2 is 1.96 bits per heavy atom. The van der Waals surface area contributed by atoms with Crippen LogP contribution in [0, 0.1) is 11.2 Å². The summed E-state index contributed by atoms with van der Waals surface area (Å²) in [6.07, 6.45) is 0.552. The molecule has 0 unspecified atom stereocenters. The number of nitrogens with zero attached hydrogens (tertiary/aromatic N) is 1. The molecular formula is C18H17FN2O2. The van der Waals surface area contributed by atoms with Gasteiger partial charge in [0.25, 0.3) is 0 Å². The number of anilines is 1. The molecular weight excluding hydrogens is 295 g/mol. The molecule has 1 N–H and O–H groups in total. The highest BCUT2D eigenvalue weighted by Gasteiger charge is 2.26. The molecule has 1 aliphatic rings. The quantitative estimate of drug-likeness (QED) is 0.883. The summed E-state index contributed by atoms with van der Waals surface area (Å²) in [5.74, 6) is -0.401. The van der Waals surface area contributed by atoms with Gasteiger partial charge in [0.05, 0.1) is 13.0 Å². The first-order chi connectivity index (χ1) is 11.2. The first-order valence-corrected chi connectivity index (χ1v) is 7.51. The Labute approximate surface area is 134 Å². The van der Waals surface area contributed by atoms with E-state index in [4.69, 9.17) is 10.1 Å². The monoisotopic (exact) mass is 312 g/mol. The van der Waals surface area contributed by atoms with Crippen molar-refractivity contribution >= 4 is 17.3 Å². The lowest BCUT2D eigenvalue weighted by molar-refractivity contribution is -0.117. The van der Waals surface area contributed by atoms with Gasteiger partial charge in [-0.15, -0.1) is 0 Å². The average molecular weight is 312 g/mol. The molecule has 1 amide bonds. The predicted molar refractivity (Wildman–Crippen MR) is 86.8 cm³/mol. The van der Waals surface area contributed by atoms with Crippen LogP contribution in [-0.4, -0.2) is 24.8 Å². The molecule has 0 spiro atoms. The molecule has 0 aromatic heterocycles. The largest absolute Gasteiger partial charge is 0.491 e. The maximum atomic E-state index is 14.2. The van der Waals surface area contributed by atoms with E-state index in [1.165, 1.54) is 11.0 Å². The number of para-hydroxylation sites is 1. The van der Waals surface area contributed by atoms with E-state index in [0.29, 0.717) is 30.9 Å². The summed E-state index contributed by atoms with van der Waals surface area (Å²) < 4.78 is 19.7. The fourth-order valence-electron chi connectivity index (χ4n) is 2.63. The summed E-state index contributed by atoms with van der Waals surface area (Å²) in [4.78, 5) is 14.0. The molecule has 0 aliphatic carbocycles. The van der Waals surface area contributed by atoms with Crippen LogP contribution in [0.2, 0.25) is 0 Å². The van der Waals surface area contributed by atoms with Crippen LogP contribution in [0.25, 0.3) is 0 Å². The number of rotatable bonds is 3. The number of halogens is 1. The van der Waals surface area contributed by atoms with Crippen LogP contribution in [0.1, 0.15) is 18.4 Å². The van der Waals surface area contributed by atoms with Gasteiger partial charge in [-0.05, 0) is 24.1 Å². The maximum absolute atomic E-state index is 14.2. The standard InChI is InChI=1S/C18H17FN2O2/c19-14-8-4-9-16-18(14)21(10-5-11-23-16)17(22)12-15(20)13-6-2-1-3-7-13/h1-4,6-9,20H,5,10-12H2. The van der Waals surface area contributed by atoms with Crippen molar-refractivity contribution in [2.24, 2.45) is 0 Å². The molecule has 0 saturated carbocycles. The van der Waals surface area contributed by atoms with E-state index in [9.17, 15) is 9.18 Å². The highest BCUT2D eigenvalue weighted by molar-refractivity contribution is 6.13. The van der Waals surface area contributed by atoms with Crippen molar-refractivity contribution in [3.8, 4) is 5.75 Å². The topological polar surface area (TPSA) is 53.4 Å². The van der Waals surface area contributed by atoms with E-state index < -0.39 is 5.82 Å². The zero-order valence-corrected chi connectivity index (χ0v) is 12.6. The van der Waals surface area contributed by atoms with Crippen molar-refractivity contribution in [3.63, 3.8) is 0 Å². The normalized spacial score (nSPS) is 13.7. The molecule has 1 heterocycles. The molecule has 2 aromatic rings. The second-order valence-electron chi connectivity index (χ2n) is 5.36. The van der Waals surface area contributed by atoms with Crippen molar-refractivity contribution < 1.29 is 13.9 Å².